The molecule has 0 aromatic heterocycles. The number of aliphatic hydroxyl groups is 1. The lowest BCUT2D eigenvalue weighted by atomic mass is 11.7. The Morgan fingerprint density at radius 1 is 1.38 bits per heavy atom. The molecule has 8 heavy (non-hydrogen) atoms. The maximum absolute atomic E-state index is 8.88. The maximum Gasteiger partial charge on any atom is 0.466 e. The van der Waals surface area contributed by atoms with Crippen LogP contribution < -0.4 is 0 Å². The zero-order chi connectivity index (χ0) is 7.21. The maximum atomic E-state index is 8.88. The smallest absolute Gasteiger partial charge is 0.381 e. The quantitative estimate of drug-likeness (QED) is 0.279. The highest BCUT2D eigenvalue weighted by Gasteiger charge is 2.00. The van der Waals surface area contributed by atoms with Crippen molar-refractivity contribution in [2.75, 3.05) is 6.07 Å². The van der Waals surface area contributed by atoms with Gasteiger partial charge in [-0.3, -0.25) is 0 Å². The molecule has 5 nitrogen and oxygen atoms in total. The first kappa shape index (κ1) is 11.2. The van der Waals surface area contributed by atoms with E-state index in [1.54, 1.807) is 0 Å². The molecule has 0 aliphatic rings. The predicted molar refractivity (Wildman–Crippen MR) is 27.2 cm³/mol. The Hall–Kier alpha value is 0.360. The molecule has 0 unspecified atom stereocenters. The summed E-state index contributed by atoms with van der Waals surface area (Å²) in [6.07, 6.45) is 0. The van der Waals surface area contributed by atoms with Crippen LogP contribution >= 0.6 is 19.4 Å². The van der Waals surface area contributed by atoms with Crippen LogP contribution in [0.5, 0.6) is 0 Å². The van der Waals surface area contributed by atoms with Gasteiger partial charge in [-0.2, -0.15) is 0 Å². The van der Waals surface area contributed by atoms with Crippen molar-refractivity contribution in [1.82, 2.24) is 0 Å². The van der Waals surface area contributed by atoms with Crippen molar-refractivity contribution >= 4 is 19.4 Å². The Kier molecular flexibility index (Phi) is 7.69. The third kappa shape index (κ3) is 1410. The number of hydrogen-bond acceptors (Lipinski definition) is 2. The molecule has 52 valence electrons. The molecule has 0 aliphatic heterocycles. The van der Waals surface area contributed by atoms with E-state index >= 15 is 0 Å². The topological polar surface area (TPSA) is 98.0 Å². The van der Waals surface area contributed by atoms with E-state index in [9.17, 15) is 0 Å². The largest absolute Gasteiger partial charge is 0.466 e. The van der Waals surface area contributed by atoms with Gasteiger partial charge in [0.05, 0.1) is 0 Å². The van der Waals surface area contributed by atoms with Crippen LogP contribution in [0, 0.1) is 0 Å². The fraction of sp³-hybridized carbons (Fsp3) is 1.00. The minimum Gasteiger partial charge on any atom is -0.381 e. The van der Waals surface area contributed by atoms with Crippen LogP contribution in [0.1, 0.15) is 0 Å². The summed E-state index contributed by atoms with van der Waals surface area (Å²) in [5.74, 6) is 0. The molecule has 0 aromatic rings. The summed E-state index contributed by atoms with van der Waals surface area (Å²) in [4.78, 5) is 21.6. The van der Waals surface area contributed by atoms with Gasteiger partial charge in [-0.1, -0.05) is 11.6 Å². The molecular formula is CH6ClO5P. The van der Waals surface area contributed by atoms with Crippen molar-refractivity contribution in [1.29, 1.82) is 0 Å². The summed E-state index contributed by atoms with van der Waals surface area (Å²) < 4.78 is 8.88. The van der Waals surface area contributed by atoms with Gasteiger partial charge in [-0.25, -0.2) is 4.57 Å². The fourth-order valence-electron chi connectivity index (χ4n) is 0. The van der Waals surface area contributed by atoms with E-state index in [0.717, 1.165) is 0 Å². The van der Waals surface area contributed by atoms with E-state index in [0.29, 0.717) is 0 Å². The Balaban J connectivity index is 0. The van der Waals surface area contributed by atoms with Gasteiger partial charge in [0.2, 0.25) is 0 Å². The Morgan fingerprint density at radius 3 is 1.38 bits per heavy atom. The third-order valence-corrected chi connectivity index (χ3v) is 0. The fourth-order valence-corrected chi connectivity index (χ4v) is 0. The molecule has 0 saturated carbocycles. The zero-order valence-corrected chi connectivity index (χ0v) is 5.38. The molecule has 0 bridgehead atoms. The second kappa shape index (κ2) is 5.50. The van der Waals surface area contributed by atoms with Crippen molar-refractivity contribution in [2.45, 2.75) is 0 Å². The van der Waals surface area contributed by atoms with Gasteiger partial charge in [-0.15, -0.1) is 0 Å². The molecule has 7 heteroatoms. The second-order valence-electron chi connectivity index (χ2n) is 0.633. The number of alkyl halides is 1. The number of phosphoric acid groups is 1. The van der Waals surface area contributed by atoms with Crippen LogP contribution in [0.3, 0.4) is 0 Å². The van der Waals surface area contributed by atoms with Crippen LogP contribution in [0.4, 0.5) is 0 Å². The molecule has 4 N–H and O–H groups in total. The molecular weight excluding hydrogens is 158 g/mol. The summed E-state index contributed by atoms with van der Waals surface area (Å²) in [6, 6.07) is -0.278. The monoisotopic (exact) mass is 164 g/mol. The lowest BCUT2D eigenvalue weighted by Gasteiger charge is -1.82. The Bertz CT molecular complexity index is 68.2. The van der Waals surface area contributed by atoms with Gasteiger partial charge in [0.15, 0.2) is 0 Å². The van der Waals surface area contributed by atoms with Crippen LogP contribution in [-0.2, 0) is 4.57 Å². The van der Waals surface area contributed by atoms with Crippen LogP contribution in [0.2, 0.25) is 0 Å². The van der Waals surface area contributed by atoms with Gasteiger partial charge in [-0.05, 0) is 0 Å². The van der Waals surface area contributed by atoms with Gasteiger partial charge in [0.1, 0.15) is 6.07 Å². The number of hydrogen-bond donors (Lipinski definition) is 4. The van der Waals surface area contributed by atoms with E-state index < -0.39 is 7.82 Å². The van der Waals surface area contributed by atoms with Crippen molar-refractivity contribution < 1.29 is 24.4 Å². The van der Waals surface area contributed by atoms with Gasteiger partial charge in [0, 0.05) is 0 Å². The van der Waals surface area contributed by atoms with Crippen LogP contribution in [0.15, 0.2) is 0 Å². The molecule has 0 spiro atoms. The van der Waals surface area contributed by atoms with Gasteiger partial charge in [0.25, 0.3) is 0 Å². The molecule has 0 atom stereocenters. The summed E-state index contributed by atoms with van der Waals surface area (Å²) in [7, 11) is -4.64. The summed E-state index contributed by atoms with van der Waals surface area (Å²) in [6.45, 7) is 0. The lowest BCUT2D eigenvalue weighted by molar-refractivity contribution is 0.275. The van der Waals surface area contributed by atoms with E-state index in [1.807, 2.05) is 0 Å². The van der Waals surface area contributed by atoms with E-state index in [-0.39, 0.29) is 6.07 Å². The molecule has 0 saturated heterocycles. The van der Waals surface area contributed by atoms with Crippen LogP contribution in [-0.4, -0.2) is 25.9 Å². The molecule has 0 rings (SSSR count). The Labute approximate surface area is 50.8 Å². The SMILES string of the molecule is O=P(O)(O)O.OCCl. The van der Waals surface area contributed by atoms with Crippen molar-refractivity contribution in [3.8, 4) is 0 Å². The lowest BCUT2D eigenvalue weighted by Crippen LogP contribution is -1.66. The molecule has 0 fully saturated rings. The van der Waals surface area contributed by atoms with Crippen molar-refractivity contribution in [2.24, 2.45) is 0 Å². The van der Waals surface area contributed by atoms with E-state index in [1.165, 1.54) is 0 Å². The van der Waals surface area contributed by atoms with E-state index in [2.05, 4.69) is 11.6 Å². The standard InChI is InChI=1S/CH3ClO.H3O4P/c2-1-3;1-5(2,3)4/h3H,1H2;(H3,1,2,3,4). The first-order valence-corrected chi connectivity index (χ1v) is 3.47. The average molecular weight is 164 g/mol. The molecule has 0 aromatic carbocycles. The number of aliphatic hydroxyl groups excluding tert-OH is 1. The van der Waals surface area contributed by atoms with Crippen molar-refractivity contribution in [3.05, 3.63) is 0 Å². The number of halogens is 1. The predicted octanol–water partition coefficient (Wildman–Crippen LogP) is -0.754. The molecule has 0 heterocycles. The molecule has 0 aliphatic carbocycles. The normalized spacial score (nSPS) is 9.62. The number of rotatable bonds is 0. The first-order chi connectivity index (χ1) is 3.41. The van der Waals surface area contributed by atoms with E-state index in [4.69, 9.17) is 24.4 Å². The van der Waals surface area contributed by atoms with Gasteiger partial charge >= 0.3 is 7.82 Å². The summed E-state index contributed by atoms with van der Waals surface area (Å²) in [5.41, 5.74) is 0. The zero-order valence-electron chi connectivity index (χ0n) is 3.73. The Morgan fingerprint density at radius 2 is 1.38 bits per heavy atom. The first-order valence-electron chi connectivity index (χ1n) is 1.37. The average Bonchev–Trinajstić information content (AvgIpc) is 1.27. The molecule has 0 amide bonds. The van der Waals surface area contributed by atoms with Gasteiger partial charge < -0.3 is 19.8 Å². The minimum atomic E-state index is -4.64. The molecule has 0 radical (unpaired) electrons. The third-order valence-electron chi connectivity index (χ3n) is 0. The second-order valence-corrected chi connectivity index (χ2v) is 1.90. The van der Waals surface area contributed by atoms with Crippen molar-refractivity contribution in [3.63, 3.8) is 0 Å². The minimum absolute atomic E-state index is 0.278. The van der Waals surface area contributed by atoms with Crippen LogP contribution in [0.25, 0.3) is 0 Å². The highest BCUT2D eigenvalue weighted by molar-refractivity contribution is 7.45. The summed E-state index contributed by atoms with van der Waals surface area (Å²) in [5, 5.41) is 7.33. The highest BCUT2D eigenvalue weighted by Crippen LogP contribution is 2.25. The highest BCUT2D eigenvalue weighted by atomic mass is 35.5. The summed E-state index contributed by atoms with van der Waals surface area (Å²) >= 11 is 4.55.